The third-order valence-electron chi connectivity index (χ3n) is 5.01. The molecule has 2 N–H and O–H groups in total. The van der Waals surface area contributed by atoms with Gasteiger partial charge in [-0.15, -0.1) is 0 Å². The van der Waals surface area contributed by atoms with Crippen molar-refractivity contribution in [1.29, 1.82) is 0 Å². The number of imidazole rings is 1. The van der Waals surface area contributed by atoms with Gasteiger partial charge in [0.05, 0.1) is 16.8 Å². The number of hydrogen-bond acceptors (Lipinski definition) is 3. The minimum Gasteiger partial charge on any atom is -0.352 e. The number of fused-ring (bicyclic) bond motifs is 1. The van der Waals surface area contributed by atoms with Crippen LogP contribution in [0.2, 0.25) is 0 Å². The SMILES string of the molecule is Cc1ccc2nc(SCC(=O)NC3CCCC(C)C3C)[nH]c2c1. The first-order chi connectivity index (χ1) is 11.0. The molecule has 3 atom stereocenters. The van der Waals surface area contributed by atoms with Crippen molar-refractivity contribution in [2.75, 3.05) is 5.75 Å². The summed E-state index contributed by atoms with van der Waals surface area (Å²) in [6.07, 6.45) is 3.60. The maximum atomic E-state index is 12.2. The fourth-order valence-corrected chi connectivity index (χ4v) is 4.03. The summed E-state index contributed by atoms with van der Waals surface area (Å²) in [6, 6.07) is 6.47. The van der Waals surface area contributed by atoms with E-state index >= 15 is 0 Å². The number of thioether (sulfide) groups is 1. The summed E-state index contributed by atoms with van der Waals surface area (Å²) >= 11 is 1.47. The zero-order valence-corrected chi connectivity index (χ0v) is 14.9. The minimum atomic E-state index is 0.109. The summed E-state index contributed by atoms with van der Waals surface area (Å²) in [5.74, 6) is 1.78. The molecule has 1 aromatic heterocycles. The van der Waals surface area contributed by atoms with Crippen molar-refractivity contribution in [3.63, 3.8) is 0 Å². The lowest BCUT2D eigenvalue weighted by Gasteiger charge is -2.34. The van der Waals surface area contributed by atoms with Crippen LogP contribution >= 0.6 is 11.8 Å². The molecule has 1 aromatic carbocycles. The lowest BCUT2D eigenvalue weighted by atomic mass is 9.78. The average Bonchev–Trinajstić information content (AvgIpc) is 2.92. The predicted octanol–water partition coefficient (Wildman–Crippen LogP) is 3.90. The molecular formula is C18H25N3OS. The van der Waals surface area contributed by atoms with Crippen LogP contribution in [0, 0.1) is 18.8 Å². The molecule has 0 bridgehead atoms. The number of amides is 1. The number of hydrogen-bond donors (Lipinski definition) is 2. The first-order valence-electron chi connectivity index (χ1n) is 8.41. The maximum absolute atomic E-state index is 12.2. The molecule has 2 aromatic rings. The van der Waals surface area contributed by atoms with Crippen molar-refractivity contribution in [2.45, 2.75) is 51.2 Å². The largest absolute Gasteiger partial charge is 0.352 e. The van der Waals surface area contributed by atoms with Gasteiger partial charge in [-0.05, 0) is 42.9 Å². The van der Waals surface area contributed by atoms with Gasteiger partial charge in [-0.3, -0.25) is 4.79 Å². The van der Waals surface area contributed by atoms with Crippen molar-refractivity contribution in [2.24, 2.45) is 11.8 Å². The van der Waals surface area contributed by atoms with E-state index in [1.54, 1.807) is 0 Å². The Labute approximate surface area is 141 Å². The van der Waals surface area contributed by atoms with Gasteiger partial charge >= 0.3 is 0 Å². The summed E-state index contributed by atoms with van der Waals surface area (Å²) in [5.41, 5.74) is 3.19. The molecule has 4 nitrogen and oxygen atoms in total. The number of carbonyl (C=O) groups excluding carboxylic acids is 1. The van der Waals surface area contributed by atoms with Crippen LogP contribution < -0.4 is 5.32 Å². The van der Waals surface area contributed by atoms with E-state index in [4.69, 9.17) is 0 Å². The Morgan fingerprint density at radius 3 is 3.04 bits per heavy atom. The molecule has 1 fully saturated rings. The zero-order valence-electron chi connectivity index (χ0n) is 14.1. The number of benzene rings is 1. The van der Waals surface area contributed by atoms with Gasteiger partial charge in [0.25, 0.3) is 0 Å². The van der Waals surface area contributed by atoms with Gasteiger partial charge in [0.2, 0.25) is 5.91 Å². The Hall–Kier alpha value is -1.49. The van der Waals surface area contributed by atoms with Crippen molar-refractivity contribution >= 4 is 28.7 Å². The molecule has 1 heterocycles. The fraction of sp³-hybridized carbons (Fsp3) is 0.556. The van der Waals surface area contributed by atoms with Crippen LogP contribution in [0.1, 0.15) is 38.7 Å². The molecule has 1 aliphatic carbocycles. The van der Waals surface area contributed by atoms with Crippen molar-refractivity contribution in [3.8, 4) is 0 Å². The molecule has 0 saturated heterocycles. The summed E-state index contributed by atoms with van der Waals surface area (Å²) in [4.78, 5) is 20.0. The third-order valence-corrected chi connectivity index (χ3v) is 5.88. The number of nitrogens with one attached hydrogen (secondary N) is 2. The minimum absolute atomic E-state index is 0.109. The smallest absolute Gasteiger partial charge is 0.230 e. The van der Waals surface area contributed by atoms with E-state index in [-0.39, 0.29) is 5.91 Å². The van der Waals surface area contributed by atoms with Crippen molar-refractivity contribution in [3.05, 3.63) is 23.8 Å². The highest BCUT2D eigenvalue weighted by atomic mass is 32.2. The molecule has 5 heteroatoms. The highest BCUT2D eigenvalue weighted by Crippen LogP contribution is 2.29. The van der Waals surface area contributed by atoms with Gasteiger partial charge in [-0.2, -0.15) is 0 Å². The number of carbonyl (C=O) groups is 1. The predicted molar refractivity (Wildman–Crippen MR) is 95.7 cm³/mol. The molecule has 23 heavy (non-hydrogen) atoms. The summed E-state index contributed by atoms with van der Waals surface area (Å²) in [6.45, 7) is 6.60. The Bertz CT molecular complexity index is 697. The number of rotatable bonds is 4. The second-order valence-corrected chi connectivity index (χ2v) is 7.76. The Kier molecular flexibility index (Phi) is 4.95. The molecule has 124 valence electrons. The second-order valence-electron chi connectivity index (χ2n) is 6.79. The average molecular weight is 331 g/mol. The molecule has 0 aliphatic heterocycles. The first kappa shape index (κ1) is 16.4. The highest BCUT2D eigenvalue weighted by Gasteiger charge is 2.28. The van der Waals surface area contributed by atoms with Gasteiger partial charge < -0.3 is 10.3 Å². The Balaban J connectivity index is 1.55. The van der Waals surface area contributed by atoms with Gasteiger partial charge in [0.1, 0.15) is 0 Å². The molecule has 3 rings (SSSR count). The first-order valence-corrected chi connectivity index (χ1v) is 9.40. The van der Waals surface area contributed by atoms with Gasteiger partial charge in [0, 0.05) is 6.04 Å². The second kappa shape index (κ2) is 6.95. The third kappa shape index (κ3) is 3.89. The van der Waals surface area contributed by atoms with Gasteiger partial charge in [-0.1, -0.05) is 44.5 Å². The molecular weight excluding hydrogens is 306 g/mol. The van der Waals surface area contributed by atoms with Gasteiger partial charge in [-0.25, -0.2) is 4.98 Å². The van der Waals surface area contributed by atoms with Crippen LogP contribution in [-0.4, -0.2) is 27.7 Å². The summed E-state index contributed by atoms with van der Waals surface area (Å²) in [7, 11) is 0. The monoisotopic (exact) mass is 331 g/mol. The lowest BCUT2D eigenvalue weighted by molar-refractivity contribution is -0.120. The van der Waals surface area contributed by atoms with E-state index in [1.807, 2.05) is 6.07 Å². The van der Waals surface area contributed by atoms with Crippen molar-refractivity contribution < 1.29 is 4.79 Å². The van der Waals surface area contributed by atoms with E-state index in [9.17, 15) is 4.79 Å². The molecule has 1 saturated carbocycles. The van der Waals surface area contributed by atoms with E-state index in [1.165, 1.54) is 30.2 Å². The molecule has 1 amide bonds. The summed E-state index contributed by atoms with van der Waals surface area (Å²) < 4.78 is 0. The number of H-pyrrole nitrogens is 1. The Morgan fingerprint density at radius 2 is 2.22 bits per heavy atom. The van der Waals surface area contributed by atoms with E-state index in [2.05, 4.69) is 48.2 Å². The number of aryl methyl sites for hydroxylation is 1. The molecule has 3 unspecified atom stereocenters. The van der Waals surface area contributed by atoms with Crippen LogP contribution in [0.15, 0.2) is 23.4 Å². The fourth-order valence-electron chi connectivity index (χ4n) is 3.34. The number of aromatic nitrogens is 2. The standard InChI is InChI=1S/C18H25N3OS/c1-11-7-8-15-16(9-11)21-18(20-15)23-10-17(22)19-14-6-4-5-12(2)13(14)3/h7-9,12-14H,4-6,10H2,1-3H3,(H,19,22)(H,20,21). The van der Waals surface area contributed by atoms with E-state index < -0.39 is 0 Å². The lowest BCUT2D eigenvalue weighted by Crippen LogP contribution is -2.44. The topological polar surface area (TPSA) is 57.8 Å². The molecule has 1 aliphatic rings. The Morgan fingerprint density at radius 1 is 1.39 bits per heavy atom. The van der Waals surface area contributed by atoms with Crippen molar-refractivity contribution in [1.82, 2.24) is 15.3 Å². The van der Waals surface area contributed by atoms with Crippen LogP contribution in [0.5, 0.6) is 0 Å². The van der Waals surface area contributed by atoms with Crippen LogP contribution in [0.3, 0.4) is 0 Å². The quantitative estimate of drug-likeness (QED) is 0.835. The van der Waals surface area contributed by atoms with E-state index in [0.29, 0.717) is 23.6 Å². The van der Waals surface area contributed by atoms with E-state index in [0.717, 1.165) is 22.6 Å². The van der Waals surface area contributed by atoms with Crippen LogP contribution in [0.4, 0.5) is 0 Å². The normalized spacial score (nSPS) is 24.7. The molecule has 0 spiro atoms. The highest BCUT2D eigenvalue weighted by molar-refractivity contribution is 7.99. The molecule has 0 radical (unpaired) electrons. The van der Waals surface area contributed by atoms with Gasteiger partial charge in [0.15, 0.2) is 5.16 Å². The number of aromatic amines is 1. The maximum Gasteiger partial charge on any atom is 0.230 e. The zero-order chi connectivity index (χ0) is 16.4. The van der Waals surface area contributed by atoms with Crippen LogP contribution in [-0.2, 0) is 4.79 Å². The van der Waals surface area contributed by atoms with Crippen LogP contribution in [0.25, 0.3) is 11.0 Å². The summed E-state index contributed by atoms with van der Waals surface area (Å²) in [5, 5.41) is 4.02. The number of nitrogens with zero attached hydrogens (tertiary/aromatic N) is 1.